The third-order valence-electron chi connectivity index (χ3n) is 2.44. The average Bonchev–Trinajstić information content (AvgIpc) is 2.37. The maximum absolute atomic E-state index is 5.74. The van der Waals surface area contributed by atoms with Crippen LogP contribution in [0.5, 0.6) is 0 Å². The SMILES string of the molecule is C#CCOC[C](COCC#C)C(OCC#C)C(C)(C)C. The molecule has 0 fully saturated rings. The Bertz CT molecular complexity index is 353. The minimum atomic E-state index is -0.186. The van der Waals surface area contributed by atoms with Crippen molar-refractivity contribution in [3.8, 4) is 37.0 Å². The Hall–Kier alpha value is -1.44. The molecule has 0 N–H and O–H groups in total. The number of hydrogen-bond acceptors (Lipinski definition) is 3. The summed E-state index contributed by atoms with van der Waals surface area (Å²) in [6, 6.07) is 0. The molecule has 1 unspecified atom stereocenters. The zero-order valence-corrected chi connectivity index (χ0v) is 12.6. The first-order valence-corrected chi connectivity index (χ1v) is 6.39. The highest BCUT2D eigenvalue weighted by Gasteiger charge is 2.34. The van der Waals surface area contributed by atoms with E-state index < -0.39 is 0 Å². The van der Waals surface area contributed by atoms with Crippen LogP contribution < -0.4 is 0 Å². The fourth-order valence-corrected chi connectivity index (χ4v) is 1.79. The van der Waals surface area contributed by atoms with Crippen LogP contribution in [-0.4, -0.2) is 39.1 Å². The van der Waals surface area contributed by atoms with E-state index in [2.05, 4.69) is 38.5 Å². The lowest BCUT2D eigenvalue weighted by atomic mass is 9.81. The maximum Gasteiger partial charge on any atom is 0.107 e. The first kappa shape index (κ1) is 18.6. The standard InChI is InChI=1S/C17H23O3/c1-7-10-18-13-15(14-19-11-8-2)16(17(4,5)6)20-12-9-3/h1-3,16H,10-14H2,4-6H3. The predicted molar refractivity (Wildman–Crippen MR) is 80.6 cm³/mol. The van der Waals surface area contributed by atoms with Gasteiger partial charge in [0, 0.05) is 0 Å². The van der Waals surface area contributed by atoms with Crippen LogP contribution in [0, 0.1) is 48.4 Å². The Morgan fingerprint density at radius 2 is 1.35 bits per heavy atom. The van der Waals surface area contributed by atoms with Gasteiger partial charge in [0.05, 0.1) is 25.2 Å². The molecule has 0 saturated carbocycles. The van der Waals surface area contributed by atoms with Gasteiger partial charge in [-0.1, -0.05) is 38.5 Å². The molecule has 0 aliphatic heterocycles. The van der Waals surface area contributed by atoms with Gasteiger partial charge in [-0.15, -0.1) is 19.3 Å². The van der Waals surface area contributed by atoms with E-state index in [0.29, 0.717) is 13.2 Å². The summed E-state index contributed by atoms with van der Waals surface area (Å²) < 4.78 is 16.5. The quantitative estimate of drug-likeness (QED) is 0.475. The van der Waals surface area contributed by atoms with Crippen LogP contribution in [-0.2, 0) is 14.2 Å². The smallest absolute Gasteiger partial charge is 0.107 e. The van der Waals surface area contributed by atoms with Crippen molar-refractivity contribution >= 4 is 0 Å². The minimum Gasteiger partial charge on any atom is -0.368 e. The topological polar surface area (TPSA) is 27.7 Å². The monoisotopic (exact) mass is 275 g/mol. The average molecular weight is 275 g/mol. The highest BCUT2D eigenvalue weighted by atomic mass is 16.5. The molecule has 0 bridgehead atoms. The van der Waals surface area contributed by atoms with Crippen molar-refractivity contribution in [3.63, 3.8) is 0 Å². The normalized spacial score (nSPS) is 12.4. The lowest BCUT2D eigenvalue weighted by Crippen LogP contribution is -2.40. The fourth-order valence-electron chi connectivity index (χ4n) is 1.79. The van der Waals surface area contributed by atoms with Crippen LogP contribution in [0.15, 0.2) is 0 Å². The second kappa shape index (κ2) is 10.4. The van der Waals surface area contributed by atoms with Gasteiger partial charge in [-0.2, -0.15) is 0 Å². The second-order valence-electron chi connectivity index (χ2n) is 5.31. The lowest BCUT2D eigenvalue weighted by Gasteiger charge is -2.35. The maximum atomic E-state index is 5.74. The van der Waals surface area contributed by atoms with Crippen LogP contribution in [0.2, 0.25) is 0 Å². The lowest BCUT2D eigenvalue weighted by molar-refractivity contribution is -0.0214. The summed E-state index contributed by atoms with van der Waals surface area (Å²) in [5.41, 5.74) is -0.134. The molecule has 0 aromatic carbocycles. The summed E-state index contributed by atoms with van der Waals surface area (Å²) in [6.07, 6.45) is 15.4. The molecule has 0 aliphatic carbocycles. The van der Waals surface area contributed by atoms with Crippen molar-refractivity contribution in [2.45, 2.75) is 26.9 Å². The Morgan fingerprint density at radius 3 is 1.70 bits per heavy atom. The van der Waals surface area contributed by atoms with Crippen LogP contribution in [0.3, 0.4) is 0 Å². The van der Waals surface area contributed by atoms with Crippen molar-refractivity contribution in [3.05, 3.63) is 5.92 Å². The Kier molecular flexibility index (Phi) is 9.61. The molecule has 0 spiro atoms. The van der Waals surface area contributed by atoms with Gasteiger partial charge in [0.25, 0.3) is 0 Å². The van der Waals surface area contributed by atoms with Crippen LogP contribution in [0.25, 0.3) is 0 Å². The summed E-state index contributed by atoms with van der Waals surface area (Å²) in [6.45, 7) is 7.64. The molecule has 0 aliphatic rings. The van der Waals surface area contributed by atoms with Crippen molar-refractivity contribution < 1.29 is 14.2 Å². The molecule has 0 aromatic heterocycles. The van der Waals surface area contributed by atoms with Gasteiger partial charge < -0.3 is 14.2 Å². The summed E-state index contributed by atoms with van der Waals surface area (Å²) in [7, 11) is 0. The Labute approximate surface area is 123 Å². The predicted octanol–water partition coefficient (Wildman–Crippen LogP) is 1.92. The molecule has 0 rings (SSSR count). The van der Waals surface area contributed by atoms with Crippen molar-refractivity contribution in [1.82, 2.24) is 0 Å². The molecule has 20 heavy (non-hydrogen) atoms. The first-order valence-electron chi connectivity index (χ1n) is 6.39. The van der Waals surface area contributed by atoms with Gasteiger partial charge >= 0.3 is 0 Å². The molecule has 0 heterocycles. The molecular weight excluding hydrogens is 252 g/mol. The van der Waals surface area contributed by atoms with E-state index in [0.717, 1.165) is 5.92 Å². The number of rotatable bonds is 9. The van der Waals surface area contributed by atoms with Gasteiger partial charge in [0.1, 0.15) is 19.8 Å². The molecule has 0 aromatic rings. The molecule has 1 atom stereocenters. The summed E-state index contributed by atoms with van der Waals surface area (Å²) in [4.78, 5) is 0. The van der Waals surface area contributed by atoms with Gasteiger partial charge in [-0.05, 0) is 5.41 Å². The summed E-state index contributed by atoms with van der Waals surface area (Å²) >= 11 is 0. The van der Waals surface area contributed by atoms with Crippen LogP contribution in [0.1, 0.15) is 20.8 Å². The van der Waals surface area contributed by atoms with Crippen LogP contribution >= 0.6 is 0 Å². The van der Waals surface area contributed by atoms with Gasteiger partial charge in [0.15, 0.2) is 0 Å². The highest BCUT2D eigenvalue weighted by molar-refractivity contribution is 5.05. The molecular formula is C17H23O3. The number of hydrogen-bond donors (Lipinski definition) is 0. The zero-order chi connectivity index (χ0) is 15.4. The molecule has 3 heteroatoms. The largest absolute Gasteiger partial charge is 0.368 e. The molecule has 109 valence electrons. The van der Waals surface area contributed by atoms with Crippen molar-refractivity contribution in [1.29, 1.82) is 0 Å². The van der Waals surface area contributed by atoms with E-state index in [1.54, 1.807) is 0 Å². The second-order valence-corrected chi connectivity index (χ2v) is 5.31. The first-order chi connectivity index (χ1) is 9.47. The van der Waals surface area contributed by atoms with Crippen molar-refractivity contribution in [2.75, 3.05) is 33.0 Å². The highest BCUT2D eigenvalue weighted by Crippen LogP contribution is 2.30. The van der Waals surface area contributed by atoms with E-state index in [9.17, 15) is 0 Å². The zero-order valence-electron chi connectivity index (χ0n) is 12.6. The third-order valence-corrected chi connectivity index (χ3v) is 2.44. The molecule has 1 radical (unpaired) electrons. The molecule has 3 nitrogen and oxygen atoms in total. The minimum absolute atomic E-state index is 0.134. The van der Waals surface area contributed by atoms with Gasteiger partial charge in [-0.25, -0.2) is 0 Å². The van der Waals surface area contributed by atoms with E-state index >= 15 is 0 Å². The van der Waals surface area contributed by atoms with Gasteiger partial charge in [0.2, 0.25) is 0 Å². The van der Waals surface area contributed by atoms with Gasteiger partial charge in [-0.3, -0.25) is 0 Å². The van der Waals surface area contributed by atoms with E-state index in [1.807, 2.05) is 0 Å². The van der Waals surface area contributed by atoms with E-state index in [4.69, 9.17) is 33.5 Å². The number of ether oxygens (including phenoxy) is 3. The summed E-state index contributed by atoms with van der Waals surface area (Å²) in [5, 5.41) is 0. The fraction of sp³-hybridized carbons (Fsp3) is 0.588. The third kappa shape index (κ3) is 7.88. The Balaban J connectivity index is 4.75. The molecule has 0 amide bonds. The van der Waals surface area contributed by atoms with E-state index in [1.165, 1.54) is 0 Å². The number of terminal acetylenes is 3. The Morgan fingerprint density at radius 1 is 0.900 bits per heavy atom. The van der Waals surface area contributed by atoms with Crippen LogP contribution in [0.4, 0.5) is 0 Å². The van der Waals surface area contributed by atoms with E-state index in [-0.39, 0.29) is 31.3 Å². The summed E-state index contributed by atoms with van der Waals surface area (Å²) in [5.74, 6) is 8.28. The molecule has 0 saturated heterocycles. The van der Waals surface area contributed by atoms with Crippen molar-refractivity contribution in [2.24, 2.45) is 5.41 Å².